The van der Waals surface area contributed by atoms with Crippen LogP contribution in [0.2, 0.25) is 5.02 Å². The lowest BCUT2D eigenvalue weighted by Crippen LogP contribution is -2.07. The SMILES string of the molecule is COc1ccc(Cl)cc1Nc1cc(C)nc(NCc2ccccn2)n1. The van der Waals surface area contributed by atoms with Gasteiger partial charge in [0.1, 0.15) is 11.6 Å². The number of hydrogen-bond acceptors (Lipinski definition) is 6. The summed E-state index contributed by atoms with van der Waals surface area (Å²) in [5.41, 5.74) is 2.49. The van der Waals surface area contributed by atoms with Crippen LogP contribution in [-0.2, 0) is 6.54 Å². The van der Waals surface area contributed by atoms with Crippen LogP contribution in [0.3, 0.4) is 0 Å². The molecule has 0 spiro atoms. The third kappa shape index (κ3) is 4.58. The minimum atomic E-state index is 0.522. The number of anilines is 3. The molecule has 0 unspecified atom stereocenters. The molecule has 0 bridgehead atoms. The second-order valence-corrected chi connectivity index (χ2v) is 5.80. The molecular weight excluding hydrogens is 338 g/mol. The van der Waals surface area contributed by atoms with E-state index in [2.05, 4.69) is 25.6 Å². The largest absolute Gasteiger partial charge is 0.495 e. The molecule has 0 saturated heterocycles. The van der Waals surface area contributed by atoms with Crippen molar-refractivity contribution in [2.75, 3.05) is 17.7 Å². The van der Waals surface area contributed by atoms with E-state index in [0.717, 1.165) is 17.1 Å². The van der Waals surface area contributed by atoms with Crippen molar-refractivity contribution in [2.24, 2.45) is 0 Å². The third-order valence-corrected chi connectivity index (χ3v) is 3.67. The minimum absolute atomic E-state index is 0.522. The van der Waals surface area contributed by atoms with Gasteiger partial charge in [-0.25, -0.2) is 4.98 Å². The number of nitrogens with zero attached hydrogens (tertiary/aromatic N) is 3. The van der Waals surface area contributed by atoms with E-state index in [9.17, 15) is 0 Å². The van der Waals surface area contributed by atoms with E-state index in [4.69, 9.17) is 16.3 Å². The van der Waals surface area contributed by atoms with Crippen molar-refractivity contribution in [3.63, 3.8) is 0 Å². The predicted molar refractivity (Wildman–Crippen MR) is 99.6 cm³/mol. The molecule has 0 amide bonds. The zero-order valence-corrected chi connectivity index (χ0v) is 14.7. The van der Waals surface area contributed by atoms with Gasteiger partial charge in [-0.3, -0.25) is 4.98 Å². The van der Waals surface area contributed by atoms with Crippen LogP contribution in [0, 0.1) is 6.92 Å². The highest BCUT2D eigenvalue weighted by Gasteiger charge is 2.08. The molecule has 2 aromatic heterocycles. The Bertz CT molecular complexity index is 857. The summed E-state index contributed by atoms with van der Waals surface area (Å²) in [4.78, 5) is 13.2. The number of aryl methyl sites for hydroxylation is 1. The fourth-order valence-corrected chi connectivity index (χ4v) is 2.47. The van der Waals surface area contributed by atoms with E-state index >= 15 is 0 Å². The van der Waals surface area contributed by atoms with Crippen LogP contribution in [0.25, 0.3) is 0 Å². The van der Waals surface area contributed by atoms with Gasteiger partial charge in [-0.15, -0.1) is 0 Å². The van der Waals surface area contributed by atoms with Crippen molar-refractivity contribution in [2.45, 2.75) is 13.5 Å². The van der Waals surface area contributed by atoms with Crippen molar-refractivity contribution in [3.05, 3.63) is 65.1 Å². The van der Waals surface area contributed by atoms with Gasteiger partial charge in [0.05, 0.1) is 25.0 Å². The molecule has 0 aliphatic carbocycles. The maximum Gasteiger partial charge on any atom is 0.225 e. The summed E-state index contributed by atoms with van der Waals surface area (Å²) in [6, 6.07) is 13.0. The molecule has 0 radical (unpaired) electrons. The van der Waals surface area contributed by atoms with Gasteiger partial charge < -0.3 is 15.4 Å². The van der Waals surface area contributed by atoms with Gasteiger partial charge in [-0.2, -0.15) is 4.98 Å². The molecule has 2 heterocycles. The average Bonchev–Trinajstić information content (AvgIpc) is 2.61. The smallest absolute Gasteiger partial charge is 0.225 e. The molecule has 7 heteroatoms. The molecule has 0 fully saturated rings. The molecule has 1 aromatic carbocycles. The summed E-state index contributed by atoms with van der Waals surface area (Å²) in [5, 5.41) is 7.03. The van der Waals surface area contributed by atoms with Crippen LogP contribution >= 0.6 is 11.6 Å². The van der Waals surface area contributed by atoms with Gasteiger partial charge >= 0.3 is 0 Å². The van der Waals surface area contributed by atoms with Crippen molar-refractivity contribution in [1.29, 1.82) is 0 Å². The number of pyridine rings is 1. The molecule has 0 aliphatic rings. The molecule has 3 rings (SSSR count). The Morgan fingerprint density at radius 1 is 1.12 bits per heavy atom. The summed E-state index contributed by atoms with van der Waals surface area (Å²) in [6.07, 6.45) is 1.76. The van der Waals surface area contributed by atoms with Gasteiger partial charge in [0, 0.05) is 23.0 Å². The Labute approximate surface area is 151 Å². The third-order valence-electron chi connectivity index (χ3n) is 3.43. The summed E-state index contributed by atoms with van der Waals surface area (Å²) in [6.45, 7) is 2.46. The molecule has 0 aliphatic heterocycles. The average molecular weight is 356 g/mol. The normalized spacial score (nSPS) is 10.4. The maximum atomic E-state index is 6.07. The molecule has 2 N–H and O–H groups in total. The van der Waals surface area contributed by atoms with Crippen LogP contribution in [0.5, 0.6) is 5.75 Å². The first-order valence-electron chi connectivity index (χ1n) is 7.74. The first-order valence-corrected chi connectivity index (χ1v) is 8.12. The Morgan fingerprint density at radius 3 is 2.76 bits per heavy atom. The standard InChI is InChI=1S/C18H18ClN5O/c1-12-9-17(23-15-10-13(19)6-7-16(15)25-2)24-18(22-12)21-11-14-5-3-4-8-20-14/h3-10H,11H2,1-2H3,(H2,21,22,23,24). The van der Waals surface area contributed by atoms with E-state index in [0.29, 0.717) is 29.1 Å². The van der Waals surface area contributed by atoms with Crippen molar-refractivity contribution < 1.29 is 4.74 Å². The number of benzene rings is 1. The second-order valence-electron chi connectivity index (χ2n) is 5.36. The predicted octanol–water partition coefficient (Wildman–Crippen LogP) is 4.20. The number of ether oxygens (including phenoxy) is 1. The number of aromatic nitrogens is 3. The van der Waals surface area contributed by atoms with Crippen LogP contribution in [0.15, 0.2) is 48.7 Å². The van der Waals surface area contributed by atoms with Gasteiger partial charge in [-0.05, 0) is 37.3 Å². The highest BCUT2D eigenvalue weighted by atomic mass is 35.5. The fraction of sp³-hybridized carbons (Fsp3) is 0.167. The van der Waals surface area contributed by atoms with E-state index in [1.807, 2.05) is 31.2 Å². The van der Waals surface area contributed by atoms with E-state index in [-0.39, 0.29) is 0 Å². The second kappa shape index (κ2) is 7.81. The van der Waals surface area contributed by atoms with Crippen molar-refractivity contribution >= 4 is 29.1 Å². The lowest BCUT2D eigenvalue weighted by molar-refractivity contribution is 0.417. The first-order chi connectivity index (χ1) is 12.1. The first kappa shape index (κ1) is 17.0. The minimum Gasteiger partial charge on any atom is -0.495 e. The van der Waals surface area contributed by atoms with Crippen molar-refractivity contribution in [1.82, 2.24) is 15.0 Å². The van der Waals surface area contributed by atoms with Crippen LogP contribution in [0.1, 0.15) is 11.4 Å². The number of halogens is 1. The lowest BCUT2D eigenvalue weighted by Gasteiger charge is -2.12. The Hall–Kier alpha value is -2.86. The van der Waals surface area contributed by atoms with Crippen LogP contribution in [0.4, 0.5) is 17.5 Å². The molecular formula is C18H18ClN5O. The highest BCUT2D eigenvalue weighted by Crippen LogP contribution is 2.30. The van der Waals surface area contributed by atoms with E-state index < -0.39 is 0 Å². The summed E-state index contributed by atoms with van der Waals surface area (Å²) in [7, 11) is 1.61. The molecule has 6 nitrogen and oxygen atoms in total. The molecule has 3 aromatic rings. The van der Waals surface area contributed by atoms with Gasteiger partial charge in [-0.1, -0.05) is 17.7 Å². The van der Waals surface area contributed by atoms with Crippen LogP contribution < -0.4 is 15.4 Å². The fourth-order valence-electron chi connectivity index (χ4n) is 2.30. The summed E-state index contributed by atoms with van der Waals surface area (Å²) in [5.74, 6) is 1.86. The molecule has 25 heavy (non-hydrogen) atoms. The van der Waals surface area contributed by atoms with Gasteiger partial charge in [0.15, 0.2) is 0 Å². The Kier molecular flexibility index (Phi) is 5.30. The number of nitrogens with one attached hydrogen (secondary N) is 2. The number of methoxy groups -OCH3 is 1. The zero-order chi connectivity index (χ0) is 17.6. The number of rotatable bonds is 6. The Morgan fingerprint density at radius 2 is 2.00 bits per heavy atom. The highest BCUT2D eigenvalue weighted by molar-refractivity contribution is 6.31. The quantitative estimate of drug-likeness (QED) is 0.690. The summed E-state index contributed by atoms with van der Waals surface area (Å²) >= 11 is 6.07. The summed E-state index contributed by atoms with van der Waals surface area (Å²) < 4.78 is 5.35. The van der Waals surface area contributed by atoms with Crippen molar-refractivity contribution in [3.8, 4) is 5.75 Å². The topological polar surface area (TPSA) is 72.0 Å². The maximum absolute atomic E-state index is 6.07. The lowest BCUT2D eigenvalue weighted by atomic mass is 10.3. The number of hydrogen-bond donors (Lipinski definition) is 2. The van der Waals surface area contributed by atoms with Gasteiger partial charge in [0.25, 0.3) is 0 Å². The molecule has 0 atom stereocenters. The zero-order valence-electron chi connectivity index (χ0n) is 14.0. The monoisotopic (exact) mass is 355 g/mol. The molecule has 128 valence electrons. The van der Waals surface area contributed by atoms with Gasteiger partial charge in [0.2, 0.25) is 5.95 Å². The van der Waals surface area contributed by atoms with E-state index in [1.54, 1.807) is 31.5 Å². The molecule has 0 saturated carbocycles. The van der Waals surface area contributed by atoms with E-state index in [1.165, 1.54) is 0 Å². The van der Waals surface area contributed by atoms with Crippen LogP contribution in [-0.4, -0.2) is 22.1 Å². The Balaban J connectivity index is 1.79.